The highest BCUT2D eigenvalue weighted by Crippen LogP contribution is 2.24. The van der Waals surface area contributed by atoms with Crippen molar-refractivity contribution in [1.29, 1.82) is 0 Å². The van der Waals surface area contributed by atoms with E-state index in [1.165, 1.54) is 5.56 Å². The number of carbonyl (C=O) groups is 1. The molecule has 0 bridgehead atoms. The van der Waals surface area contributed by atoms with Crippen molar-refractivity contribution in [2.45, 2.75) is 52.0 Å². The topological polar surface area (TPSA) is 67.2 Å². The van der Waals surface area contributed by atoms with Crippen molar-refractivity contribution in [3.05, 3.63) is 47.3 Å². The Morgan fingerprint density at radius 1 is 1.24 bits per heavy atom. The van der Waals surface area contributed by atoms with Gasteiger partial charge in [-0.2, -0.15) is 5.10 Å². The number of hydrogen-bond acceptors (Lipinski definition) is 3. The molecule has 1 fully saturated rings. The summed E-state index contributed by atoms with van der Waals surface area (Å²) in [5, 5.41) is 16.8. The van der Waals surface area contributed by atoms with Gasteiger partial charge in [-0.05, 0) is 57.1 Å². The Bertz CT molecular complexity index is 713. The Kier molecular flexibility index (Phi) is 5.53. The molecule has 2 aromatic rings. The van der Waals surface area contributed by atoms with Gasteiger partial charge in [0.25, 0.3) is 5.91 Å². The van der Waals surface area contributed by atoms with Gasteiger partial charge in [0, 0.05) is 12.6 Å². The normalized spacial score (nSPS) is 20.4. The molecule has 0 atom stereocenters. The van der Waals surface area contributed by atoms with Crippen molar-refractivity contribution >= 4 is 5.91 Å². The minimum atomic E-state index is -0.0392. The van der Waals surface area contributed by atoms with E-state index in [1.54, 1.807) is 6.20 Å². The standard InChI is InChI=1S/C20H27N3O2/c1-3-19-18(12-21-23(19)17-10-4-14(2)5-11-17)20(25)22-16-8-6-15(13-24)7-9-16/h4-5,10-12,15-16,24H,3,6-9,13H2,1-2H3,(H,22,25). The van der Waals surface area contributed by atoms with Crippen LogP contribution in [0, 0.1) is 12.8 Å². The number of rotatable bonds is 5. The van der Waals surface area contributed by atoms with Gasteiger partial charge in [-0.15, -0.1) is 0 Å². The number of nitrogens with zero attached hydrogens (tertiary/aromatic N) is 2. The molecular formula is C20H27N3O2. The summed E-state index contributed by atoms with van der Waals surface area (Å²) in [6.45, 7) is 4.35. The van der Waals surface area contributed by atoms with Gasteiger partial charge in [-0.1, -0.05) is 24.6 Å². The van der Waals surface area contributed by atoms with Crippen LogP contribution < -0.4 is 5.32 Å². The van der Waals surface area contributed by atoms with Crippen molar-refractivity contribution in [2.24, 2.45) is 5.92 Å². The molecule has 3 rings (SSSR count). The summed E-state index contributed by atoms with van der Waals surface area (Å²) in [5.74, 6) is 0.353. The number of benzene rings is 1. The molecule has 5 nitrogen and oxygen atoms in total. The summed E-state index contributed by atoms with van der Waals surface area (Å²) in [4.78, 5) is 12.7. The van der Waals surface area contributed by atoms with Crippen LogP contribution >= 0.6 is 0 Å². The van der Waals surface area contributed by atoms with E-state index in [0.717, 1.165) is 43.5 Å². The molecule has 1 aromatic carbocycles. The summed E-state index contributed by atoms with van der Waals surface area (Å²) >= 11 is 0. The molecule has 134 valence electrons. The van der Waals surface area contributed by atoms with Crippen LogP contribution in [0.3, 0.4) is 0 Å². The number of aliphatic hydroxyl groups excluding tert-OH is 1. The number of hydrogen-bond donors (Lipinski definition) is 2. The lowest BCUT2D eigenvalue weighted by Gasteiger charge is -2.27. The molecule has 0 spiro atoms. The fourth-order valence-corrected chi connectivity index (χ4v) is 3.56. The van der Waals surface area contributed by atoms with Crippen molar-refractivity contribution < 1.29 is 9.90 Å². The first-order valence-corrected chi connectivity index (χ1v) is 9.18. The van der Waals surface area contributed by atoms with Gasteiger partial charge in [-0.25, -0.2) is 4.68 Å². The lowest BCUT2D eigenvalue weighted by Crippen LogP contribution is -2.38. The molecule has 1 heterocycles. The third-order valence-electron chi connectivity index (χ3n) is 5.17. The Balaban J connectivity index is 1.74. The van der Waals surface area contributed by atoms with E-state index >= 15 is 0 Å². The van der Waals surface area contributed by atoms with E-state index in [4.69, 9.17) is 0 Å². The van der Waals surface area contributed by atoms with Gasteiger partial charge in [-0.3, -0.25) is 4.79 Å². The molecule has 0 unspecified atom stereocenters. The van der Waals surface area contributed by atoms with Crippen LogP contribution in [0.15, 0.2) is 30.5 Å². The number of aromatic nitrogens is 2. The predicted octanol–water partition coefficient (Wildman–Crippen LogP) is 3.02. The van der Waals surface area contributed by atoms with Crippen LogP contribution in [-0.4, -0.2) is 33.4 Å². The molecule has 1 aromatic heterocycles. The first-order chi connectivity index (χ1) is 12.1. The second-order valence-corrected chi connectivity index (χ2v) is 6.98. The second-order valence-electron chi connectivity index (χ2n) is 6.98. The number of carbonyl (C=O) groups excluding carboxylic acids is 1. The Morgan fingerprint density at radius 3 is 2.52 bits per heavy atom. The Labute approximate surface area is 149 Å². The van der Waals surface area contributed by atoms with Gasteiger partial charge >= 0.3 is 0 Å². The zero-order chi connectivity index (χ0) is 17.8. The molecule has 0 saturated heterocycles. The average Bonchev–Trinajstić information content (AvgIpc) is 3.07. The molecular weight excluding hydrogens is 314 g/mol. The largest absolute Gasteiger partial charge is 0.396 e. The summed E-state index contributed by atoms with van der Waals surface area (Å²) in [7, 11) is 0. The lowest BCUT2D eigenvalue weighted by atomic mass is 9.86. The summed E-state index contributed by atoms with van der Waals surface area (Å²) in [6.07, 6.45) is 6.24. The quantitative estimate of drug-likeness (QED) is 0.878. The molecule has 1 saturated carbocycles. The lowest BCUT2D eigenvalue weighted by molar-refractivity contribution is 0.0913. The van der Waals surface area contributed by atoms with Crippen molar-refractivity contribution in [3.8, 4) is 5.69 Å². The molecule has 25 heavy (non-hydrogen) atoms. The summed E-state index contributed by atoms with van der Waals surface area (Å²) in [6, 6.07) is 8.35. The van der Waals surface area contributed by atoms with E-state index in [0.29, 0.717) is 11.5 Å². The molecule has 1 aliphatic carbocycles. The van der Waals surface area contributed by atoms with E-state index < -0.39 is 0 Å². The van der Waals surface area contributed by atoms with Crippen molar-refractivity contribution in [2.75, 3.05) is 6.61 Å². The number of amides is 1. The molecule has 1 aliphatic rings. The minimum absolute atomic E-state index is 0.0392. The fraction of sp³-hybridized carbons (Fsp3) is 0.500. The maximum Gasteiger partial charge on any atom is 0.254 e. The molecule has 1 amide bonds. The van der Waals surface area contributed by atoms with E-state index in [-0.39, 0.29) is 18.6 Å². The van der Waals surface area contributed by atoms with E-state index in [1.807, 2.05) is 23.7 Å². The van der Waals surface area contributed by atoms with Crippen molar-refractivity contribution in [1.82, 2.24) is 15.1 Å². The van der Waals surface area contributed by atoms with Crippen LogP contribution in [-0.2, 0) is 6.42 Å². The van der Waals surface area contributed by atoms with Gasteiger partial charge in [0.2, 0.25) is 0 Å². The zero-order valence-electron chi connectivity index (χ0n) is 15.0. The first-order valence-electron chi connectivity index (χ1n) is 9.18. The van der Waals surface area contributed by atoms with Crippen LogP contribution in [0.25, 0.3) is 5.69 Å². The van der Waals surface area contributed by atoms with Crippen LogP contribution in [0.4, 0.5) is 0 Å². The smallest absolute Gasteiger partial charge is 0.254 e. The van der Waals surface area contributed by atoms with Gasteiger partial charge in [0.05, 0.1) is 23.1 Å². The van der Waals surface area contributed by atoms with Gasteiger partial charge in [0.15, 0.2) is 0 Å². The van der Waals surface area contributed by atoms with Crippen LogP contribution in [0.2, 0.25) is 0 Å². The SMILES string of the molecule is CCc1c(C(=O)NC2CCC(CO)CC2)cnn1-c1ccc(C)cc1. The monoisotopic (exact) mass is 341 g/mol. The minimum Gasteiger partial charge on any atom is -0.396 e. The highest BCUT2D eigenvalue weighted by molar-refractivity contribution is 5.95. The number of aryl methyl sites for hydroxylation is 1. The molecule has 0 aliphatic heterocycles. The van der Waals surface area contributed by atoms with Crippen LogP contribution in [0.1, 0.15) is 54.2 Å². The average molecular weight is 341 g/mol. The Morgan fingerprint density at radius 2 is 1.92 bits per heavy atom. The van der Waals surface area contributed by atoms with E-state index in [9.17, 15) is 9.90 Å². The fourth-order valence-electron chi connectivity index (χ4n) is 3.56. The maximum atomic E-state index is 12.7. The highest BCUT2D eigenvalue weighted by atomic mass is 16.3. The second kappa shape index (κ2) is 7.83. The summed E-state index contributed by atoms with van der Waals surface area (Å²) in [5.41, 5.74) is 3.77. The van der Waals surface area contributed by atoms with Crippen molar-refractivity contribution in [3.63, 3.8) is 0 Å². The molecule has 5 heteroatoms. The Hall–Kier alpha value is -2.14. The number of aliphatic hydroxyl groups is 1. The maximum absolute atomic E-state index is 12.7. The first kappa shape index (κ1) is 17.7. The third-order valence-corrected chi connectivity index (χ3v) is 5.17. The van der Waals surface area contributed by atoms with Gasteiger partial charge < -0.3 is 10.4 Å². The van der Waals surface area contributed by atoms with Gasteiger partial charge in [0.1, 0.15) is 0 Å². The third kappa shape index (κ3) is 3.93. The van der Waals surface area contributed by atoms with E-state index in [2.05, 4.69) is 29.5 Å². The highest BCUT2D eigenvalue weighted by Gasteiger charge is 2.24. The molecule has 0 radical (unpaired) electrons. The number of nitrogens with one attached hydrogen (secondary N) is 1. The molecule has 2 N–H and O–H groups in total. The van der Waals surface area contributed by atoms with Crippen LogP contribution in [0.5, 0.6) is 0 Å². The summed E-state index contributed by atoms with van der Waals surface area (Å²) < 4.78 is 1.86. The zero-order valence-corrected chi connectivity index (χ0v) is 15.0. The predicted molar refractivity (Wildman–Crippen MR) is 98.0 cm³/mol.